The Bertz CT molecular complexity index is 381. The van der Waals surface area contributed by atoms with Gasteiger partial charge in [0, 0.05) is 18.6 Å². The molecule has 1 aromatic rings. The van der Waals surface area contributed by atoms with Gasteiger partial charge in [-0.15, -0.1) is 0 Å². The number of nitro groups is 1. The summed E-state index contributed by atoms with van der Waals surface area (Å²) in [5.41, 5.74) is 0.0526. The Morgan fingerprint density at radius 3 is 2.56 bits per heavy atom. The van der Waals surface area contributed by atoms with Gasteiger partial charge in [0.25, 0.3) is 5.69 Å². The summed E-state index contributed by atoms with van der Waals surface area (Å²) in [5, 5.41) is 18.7. The monoisotopic (exact) mass is 220 g/mol. The fourth-order valence-corrected chi connectivity index (χ4v) is 1.16. The van der Waals surface area contributed by atoms with Gasteiger partial charge in [0.1, 0.15) is 5.75 Å². The first-order chi connectivity index (χ1) is 7.74. The lowest BCUT2D eigenvalue weighted by atomic mass is 10.2. The van der Waals surface area contributed by atoms with Gasteiger partial charge in [-0.25, -0.2) is 0 Å². The number of nitriles is 1. The normalized spacial score (nSPS) is 9.44. The van der Waals surface area contributed by atoms with Crippen LogP contribution >= 0.6 is 0 Å². The van der Waals surface area contributed by atoms with Gasteiger partial charge in [0.05, 0.1) is 17.6 Å². The quantitative estimate of drug-likeness (QED) is 0.419. The van der Waals surface area contributed by atoms with E-state index in [0.29, 0.717) is 18.8 Å². The third-order valence-corrected chi connectivity index (χ3v) is 2.00. The Hall–Kier alpha value is -2.09. The summed E-state index contributed by atoms with van der Waals surface area (Å²) in [6.45, 7) is 0.527. The zero-order valence-corrected chi connectivity index (χ0v) is 8.76. The Morgan fingerprint density at radius 1 is 1.31 bits per heavy atom. The lowest BCUT2D eigenvalue weighted by Crippen LogP contribution is -1.97. The van der Waals surface area contributed by atoms with E-state index in [1.807, 2.05) is 0 Å². The smallest absolute Gasteiger partial charge is 0.269 e. The van der Waals surface area contributed by atoms with Crippen molar-refractivity contribution in [3.05, 3.63) is 34.4 Å². The largest absolute Gasteiger partial charge is 0.494 e. The maximum absolute atomic E-state index is 10.4. The molecule has 0 amide bonds. The molecule has 5 heteroatoms. The van der Waals surface area contributed by atoms with Crippen molar-refractivity contribution < 1.29 is 9.66 Å². The molecular weight excluding hydrogens is 208 g/mol. The van der Waals surface area contributed by atoms with Gasteiger partial charge in [-0.2, -0.15) is 5.26 Å². The van der Waals surface area contributed by atoms with Crippen LogP contribution in [0.5, 0.6) is 5.75 Å². The maximum Gasteiger partial charge on any atom is 0.269 e. The third-order valence-electron chi connectivity index (χ3n) is 2.00. The van der Waals surface area contributed by atoms with Gasteiger partial charge in [0.15, 0.2) is 0 Å². The summed E-state index contributed by atoms with van der Waals surface area (Å²) in [5.74, 6) is 0.613. The zero-order valence-electron chi connectivity index (χ0n) is 8.76. The van der Waals surface area contributed by atoms with E-state index < -0.39 is 4.92 Å². The Morgan fingerprint density at radius 2 is 2.00 bits per heavy atom. The van der Waals surface area contributed by atoms with Crippen LogP contribution in [0.2, 0.25) is 0 Å². The molecule has 0 heterocycles. The number of hydrogen-bond donors (Lipinski definition) is 0. The van der Waals surface area contributed by atoms with Gasteiger partial charge in [-0.05, 0) is 25.0 Å². The van der Waals surface area contributed by atoms with Crippen LogP contribution in [0.4, 0.5) is 5.69 Å². The third kappa shape index (κ3) is 3.96. The molecule has 0 saturated carbocycles. The summed E-state index contributed by atoms with van der Waals surface area (Å²) in [4.78, 5) is 9.93. The van der Waals surface area contributed by atoms with Gasteiger partial charge in [0.2, 0.25) is 0 Å². The fraction of sp³-hybridized carbons (Fsp3) is 0.364. The number of nitro benzene ring substituents is 1. The van der Waals surface area contributed by atoms with Gasteiger partial charge in [-0.3, -0.25) is 10.1 Å². The first-order valence-corrected chi connectivity index (χ1v) is 4.98. The fourth-order valence-electron chi connectivity index (χ4n) is 1.16. The highest BCUT2D eigenvalue weighted by Crippen LogP contribution is 2.17. The molecule has 0 radical (unpaired) electrons. The predicted octanol–water partition coefficient (Wildman–Crippen LogP) is 2.67. The van der Waals surface area contributed by atoms with Gasteiger partial charge < -0.3 is 4.74 Å². The van der Waals surface area contributed by atoms with E-state index in [4.69, 9.17) is 10.00 Å². The van der Waals surface area contributed by atoms with Crippen LogP contribution in [0.25, 0.3) is 0 Å². The molecule has 16 heavy (non-hydrogen) atoms. The topological polar surface area (TPSA) is 76.2 Å². The molecule has 5 nitrogen and oxygen atoms in total. The molecule has 0 N–H and O–H groups in total. The molecular formula is C11H12N2O3. The van der Waals surface area contributed by atoms with E-state index in [1.54, 1.807) is 12.1 Å². The van der Waals surface area contributed by atoms with E-state index >= 15 is 0 Å². The van der Waals surface area contributed by atoms with Crippen molar-refractivity contribution >= 4 is 5.69 Å². The maximum atomic E-state index is 10.4. The van der Waals surface area contributed by atoms with Gasteiger partial charge >= 0.3 is 0 Å². The number of unbranched alkanes of at least 4 members (excludes halogenated alkanes) is 2. The molecule has 0 unspecified atom stereocenters. The first-order valence-electron chi connectivity index (χ1n) is 4.98. The number of ether oxygens (including phenoxy) is 1. The summed E-state index contributed by atoms with van der Waals surface area (Å²) >= 11 is 0. The van der Waals surface area contributed by atoms with Crippen LogP contribution in [-0.2, 0) is 0 Å². The molecule has 0 aliphatic carbocycles. The minimum Gasteiger partial charge on any atom is -0.494 e. The second-order valence-corrected chi connectivity index (χ2v) is 3.21. The molecule has 0 aliphatic heterocycles. The second-order valence-electron chi connectivity index (χ2n) is 3.21. The standard InChI is InChI=1S/C11H12N2O3/c12-8-2-1-3-9-16-11-6-4-10(5-7-11)13(14)15/h4-7H,1-3,9H2. The van der Waals surface area contributed by atoms with Crippen molar-refractivity contribution in [2.24, 2.45) is 0 Å². The number of non-ortho nitro benzene ring substituents is 1. The first kappa shape index (κ1) is 12.0. The minimum atomic E-state index is -0.448. The highest BCUT2D eigenvalue weighted by atomic mass is 16.6. The molecule has 1 aromatic carbocycles. The van der Waals surface area contributed by atoms with E-state index in [2.05, 4.69) is 6.07 Å². The molecule has 0 bridgehead atoms. The lowest BCUT2D eigenvalue weighted by molar-refractivity contribution is -0.384. The average molecular weight is 220 g/mol. The van der Waals surface area contributed by atoms with Crippen LogP contribution in [0.1, 0.15) is 19.3 Å². The molecule has 0 spiro atoms. The van der Waals surface area contributed by atoms with Crippen molar-refractivity contribution in [2.75, 3.05) is 6.61 Å². The van der Waals surface area contributed by atoms with E-state index in [1.165, 1.54) is 12.1 Å². The highest BCUT2D eigenvalue weighted by Gasteiger charge is 2.03. The number of nitrogens with zero attached hydrogens (tertiary/aromatic N) is 2. The summed E-state index contributed by atoms with van der Waals surface area (Å²) in [6, 6.07) is 8.01. The van der Waals surface area contributed by atoms with Crippen LogP contribution in [-0.4, -0.2) is 11.5 Å². The molecule has 0 aromatic heterocycles. The van der Waals surface area contributed by atoms with Crippen molar-refractivity contribution in [3.8, 4) is 11.8 Å². The molecule has 0 fully saturated rings. The average Bonchev–Trinajstić information content (AvgIpc) is 2.29. The van der Waals surface area contributed by atoms with Crippen molar-refractivity contribution in [2.45, 2.75) is 19.3 Å². The molecule has 0 aliphatic rings. The van der Waals surface area contributed by atoms with Crippen molar-refractivity contribution in [1.29, 1.82) is 5.26 Å². The predicted molar refractivity (Wildman–Crippen MR) is 58.1 cm³/mol. The molecule has 84 valence electrons. The van der Waals surface area contributed by atoms with E-state index in [-0.39, 0.29) is 5.69 Å². The summed E-state index contributed by atoms with van der Waals surface area (Å²) in [7, 11) is 0. The van der Waals surface area contributed by atoms with E-state index in [9.17, 15) is 10.1 Å². The summed E-state index contributed by atoms with van der Waals surface area (Å²) in [6.07, 6.45) is 2.15. The van der Waals surface area contributed by atoms with Crippen molar-refractivity contribution in [3.63, 3.8) is 0 Å². The Labute approximate surface area is 93.4 Å². The molecule has 0 atom stereocenters. The Balaban J connectivity index is 2.33. The van der Waals surface area contributed by atoms with Crippen molar-refractivity contribution in [1.82, 2.24) is 0 Å². The highest BCUT2D eigenvalue weighted by molar-refractivity contribution is 5.35. The van der Waals surface area contributed by atoms with Crippen LogP contribution in [0.15, 0.2) is 24.3 Å². The van der Waals surface area contributed by atoms with Crippen LogP contribution in [0, 0.1) is 21.4 Å². The molecule has 1 rings (SSSR count). The van der Waals surface area contributed by atoms with E-state index in [0.717, 1.165) is 12.8 Å². The minimum absolute atomic E-state index is 0.0526. The van der Waals surface area contributed by atoms with Crippen LogP contribution in [0.3, 0.4) is 0 Å². The molecule has 0 saturated heterocycles. The summed E-state index contributed by atoms with van der Waals surface area (Å²) < 4.78 is 5.36. The number of benzene rings is 1. The SMILES string of the molecule is N#CCCCCOc1ccc([N+](=O)[O-])cc1. The Kier molecular flexibility index (Phi) is 4.80. The van der Waals surface area contributed by atoms with Crippen LogP contribution < -0.4 is 4.74 Å². The lowest BCUT2D eigenvalue weighted by Gasteiger charge is -2.04. The zero-order chi connectivity index (χ0) is 11.8. The number of hydrogen-bond acceptors (Lipinski definition) is 4. The van der Waals surface area contributed by atoms with Gasteiger partial charge in [-0.1, -0.05) is 0 Å². The number of rotatable bonds is 6. The second kappa shape index (κ2) is 6.40.